The molecule has 1 aliphatic heterocycles. The molecule has 1 aliphatic rings. The molecule has 2 rings (SSSR count). The van der Waals surface area contributed by atoms with Crippen molar-refractivity contribution in [3.05, 3.63) is 23.8 Å². The van der Waals surface area contributed by atoms with E-state index in [9.17, 15) is 0 Å². The number of aliphatic imine (C=N–C) groups is 1. The Morgan fingerprint density at radius 3 is 2.66 bits per heavy atom. The Labute approximate surface area is 175 Å². The molecule has 0 amide bonds. The molecule has 1 unspecified atom stereocenters. The molecule has 1 atom stereocenters. The third kappa shape index (κ3) is 7.40. The van der Waals surface area contributed by atoms with Gasteiger partial charge in [-0.25, -0.2) is 0 Å². The number of rotatable bonds is 11. The van der Waals surface area contributed by atoms with Crippen LogP contribution in [0.2, 0.25) is 0 Å². The first-order chi connectivity index (χ1) is 14.0. The number of hydrogen-bond acceptors (Lipinski definition) is 5. The van der Waals surface area contributed by atoms with Gasteiger partial charge < -0.3 is 29.6 Å². The lowest BCUT2D eigenvalue weighted by Gasteiger charge is -2.25. The molecule has 1 aromatic carbocycles. The maximum absolute atomic E-state index is 5.81. The fourth-order valence-electron chi connectivity index (χ4n) is 3.14. The molecule has 1 fully saturated rings. The van der Waals surface area contributed by atoms with E-state index in [1.165, 1.54) is 0 Å². The number of guanidine groups is 1. The number of methoxy groups -OCH3 is 2. The molecular weight excluding hydrogens is 370 g/mol. The molecule has 1 aromatic rings. The highest BCUT2D eigenvalue weighted by Gasteiger charge is 2.22. The molecule has 0 radical (unpaired) electrons. The highest BCUT2D eigenvalue weighted by atomic mass is 16.5. The molecule has 0 spiro atoms. The quantitative estimate of drug-likeness (QED) is 0.334. The summed E-state index contributed by atoms with van der Waals surface area (Å²) in [7, 11) is 3.30. The van der Waals surface area contributed by atoms with Crippen LogP contribution in [-0.2, 0) is 14.9 Å². The predicted molar refractivity (Wildman–Crippen MR) is 116 cm³/mol. The largest absolute Gasteiger partial charge is 0.493 e. The summed E-state index contributed by atoms with van der Waals surface area (Å²) in [4.78, 5) is 4.80. The number of nitrogens with one attached hydrogen (secondary N) is 2. The van der Waals surface area contributed by atoms with Crippen LogP contribution >= 0.6 is 0 Å². The predicted octanol–water partition coefficient (Wildman–Crippen LogP) is 2.73. The van der Waals surface area contributed by atoms with Gasteiger partial charge in [-0.3, -0.25) is 4.99 Å². The van der Waals surface area contributed by atoms with Crippen LogP contribution in [0.3, 0.4) is 0 Å². The second kappa shape index (κ2) is 11.9. The summed E-state index contributed by atoms with van der Waals surface area (Å²) in [6.07, 6.45) is 2.20. The number of ether oxygens (including phenoxy) is 4. The van der Waals surface area contributed by atoms with Crippen molar-refractivity contribution in [1.29, 1.82) is 0 Å². The molecule has 1 heterocycles. The van der Waals surface area contributed by atoms with Gasteiger partial charge in [-0.05, 0) is 37.5 Å². The minimum absolute atomic E-state index is 0.145. The fourth-order valence-corrected chi connectivity index (χ4v) is 3.14. The lowest BCUT2D eigenvalue weighted by atomic mass is 9.84. The Morgan fingerprint density at radius 2 is 2.00 bits per heavy atom. The van der Waals surface area contributed by atoms with Gasteiger partial charge in [0, 0.05) is 31.7 Å². The lowest BCUT2D eigenvalue weighted by Crippen LogP contribution is -2.39. The average molecular weight is 408 g/mol. The molecule has 7 heteroatoms. The Hall–Kier alpha value is -1.99. The van der Waals surface area contributed by atoms with E-state index in [1.54, 1.807) is 14.2 Å². The smallest absolute Gasteiger partial charge is 0.191 e. The van der Waals surface area contributed by atoms with E-state index in [1.807, 2.05) is 12.1 Å². The molecule has 0 saturated carbocycles. The van der Waals surface area contributed by atoms with Crippen LogP contribution in [0.5, 0.6) is 11.5 Å². The third-order valence-electron chi connectivity index (χ3n) is 5.00. The van der Waals surface area contributed by atoms with Crippen molar-refractivity contribution in [2.45, 2.75) is 45.1 Å². The summed E-state index contributed by atoms with van der Waals surface area (Å²) in [5.41, 5.74) is 1.01. The number of hydrogen-bond donors (Lipinski definition) is 2. The third-order valence-corrected chi connectivity index (χ3v) is 5.00. The number of benzene rings is 1. The van der Waals surface area contributed by atoms with Gasteiger partial charge in [0.15, 0.2) is 17.5 Å². The van der Waals surface area contributed by atoms with Crippen LogP contribution < -0.4 is 20.1 Å². The van der Waals surface area contributed by atoms with Gasteiger partial charge >= 0.3 is 0 Å². The van der Waals surface area contributed by atoms with Crippen molar-refractivity contribution in [2.75, 3.05) is 53.7 Å². The molecule has 0 aromatic heterocycles. The van der Waals surface area contributed by atoms with E-state index in [0.717, 1.165) is 68.8 Å². The molecule has 1 saturated heterocycles. The van der Waals surface area contributed by atoms with Crippen LogP contribution in [-0.4, -0.2) is 65.7 Å². The highest BCUT2D eigenvalue weighted by Crippen LogP contribution is 2.33. The molecule has 7 nitrogen and oxygen atoms in total. The van der Waals surface area contributed by atoms with Crippen LogP contribution in [0.1, 0.15) is 39.2 Å². The SMILES string of the molecule is CCNC(=NCC(C)(C)c1ccc(OC)c(OC)c1)NCCCOC1CCOC1. The van der Waals surface area contributed by atoms with E-state index in [0.29, 0.717) is 6.54 Å². The maximum Gasteiger partial charge on any atom is 0.191 e. The lowest BCUT2D eigenvalue weighted by molar-refractivity contribution is 0.0420. The summed E-state index contributed by atoms with van der Waals surface area (Å²) in [6.45, 7) is 11.0. The van der Waals surface area contributed by atoms with Gasteiger partial charge in [-0.15, -0.1) is 0 Å². The molecule has 0 aliphatic carbocycles. The zero-order valence-electron chi connectivity index (χ0n) is 18.5. The zero-order valence-corrected chi connectivity index (χ0v) is 18.5. The summed E-state index contributed by atoms with van der Waals surface area (Å²) in [5, 5.41) is 6.71. The van der Waals surface area contributed by atoms with Crippen molar-refractivity contribution in [2.24, 2.45) is 4.99 Å². The Bertz CT molecular complexity index is 643. The van der Waals surface area contributed by atoms with Crippen molar-refractivity contribution < 1.29 is 18.9 Å². The van der Waals surface area contributed by atoms with Crippen LogP contribution in [0.25, 0.3) is 0 Å². The van der Waals surface area contributed by atoms with Crippen molar-refractivity contribution in [3.8, 4) is 11.5 Å². The second-order valence-corrected chi connectivity index (χ2v) is 7.79. The van der Waals surface area contributed by atoms with E-state index < -0.39 is 0 Å². The molecule has 29 heavy (non-hydrogen) atoms. The first-order valence-electron chi connectivity index (χ1n) is 10.4. The normalized spacial score (nSPS) is 17.3. The summed E-state index contributed by atoms with van der Waals surface area (Å²) >= 11 is 0. The fraction of sp³-hybridized carbons (Fsp3) is 0.682. The molecule has 0 bridgehead atoms. The van der Waals surface area contributed by atoms with E-state index >= 15 is 0 Å². The maximum atomic E-state index is 5.81. The van der Waals surface area contributed by atoms with Gasteiger partial charge in [-0.1, -0.05) is 19.9 Å². The van der Waals surface area contributed by atoms with Gasteiger partial charge in [0.1, 0.15) is 0 Å². The topological polar surface area (TPSA) is 73.3 Å². The van der Waals surface area contributed by atoms with Crippen LogP contribution in [0.15, 0.2) is 23.2 Å². The first kappa shape index (κ1) is 23.3. The highest BCUT2D eigenvalue weighted by molar-refractivity contribution is 5.79. The summed E-state index contributed by atoms with van der Waals surface area (Å²) in [5.74, 6) is 2.29. The van der Waals surface area contributed by atoms with Gasteiger partial charge in [0.05, 0.1) is 33.5 Å². The Balaban J connectivity index is 1.88. The minimum atomic E-state index is -0.145. The van der Waals surface area contributed by atoms with Gasteiger partial charge in [-0.2, -0.15) is 0 Å². The summed E-state index contributed by atoms with van der Waals surface area (Å²) < 4.78 is 21.9. The second-order valence-electron chi connectivity index (χ2n) is 7.79. The van der Waals surface area contributed by atoms with Crippen molar-refractivity contribution in [1.82, 2.24) is 10.6 Å². The van der Waals surface area contributed by atoms with Crippen LogP contribution in [0, 0.1) is 0 Å². The standard InChI is InChI=1S/C22H37N3O4/c1-6-23-21(24-11-7-12-29-18-10-13-28-15-18)25-16-22(2,3)17-8-9-19(26-4)20(14-17)27-5/h8-9,14,18H,6-7,10-13,15-16H2,1-5H3,(H2,23,24,25). The zero-order chi connectivity index (χ0) is 21.1. The van der Waals surface area contributed by atoms with E-state index in [-0.39, 0.29) is 11.5 Å². The first-order valence-corrected chi connectivity index (χ1v) is 10.4. The Kier molecular flexibility index (Phi) is 9.54. The van der Waals surface area contributed by atoms with Crippen molar-refractivity contribution >= 4 is 5.96 Å². The monoisotopic (exact) mass is 407 g/mol. The molecular formula is C22H37N3O4. The van der Waals surface area contributed by atoms with Crippen molar-refractivity contribution in [3.63, 3.8) is 0 Å². The molecule has 2 N–H and O–H groups in total. The minimum Gasteiger partial charge on any atom is -0.493 e. The van der Waals surface area contributed by atoms with Crippen LogP contribution in [0.4, 0.5) is 0 Å². The van der Waals surface area contributed by atoms with Gasteiger partial charge in [0.25, 0.3) is 0 Å². The van der Waals surface area contributed by atoms with E-state index in [4.69, 9.17) is 23.9 Å². The van der Waals surface area contributed by atoms with E-state index in [2.05, 4.69) is 37.5 Å². The molecule has 164 valence electrons. The number of nitrogens with zero attached hydrogens (tertiary/aromatic N) is 1. The average Bonchev–Trinajstić information content (AvgIpc) is 3.24. The Morgan fingerprint density at radius 1 is 1.21 bits per heavy atom. The van der Waals surface area contributed by atoms with Gasteiger partial charge in [0.2, 0.25) is 0 Å². The summed E-state index contributed by atoms with van der Waals surface area (Å²) in [6, 6.07) is 6.04.